The van der Waals surface area contributed by atoms with Gasteiger partial charge in [-0.25, -0.2) is 0 Å². The van der Waals surface area contributed by atoms with Crippen LogP contribution in [0.4, 0.5) is 5.69 Å². The smallest absolute Gasteiger partial charge is 0.241 e. The zero-order valence-electron chi connectivity index (χ0n) is 16.6. The highest BCUT2D eigenvalue weighted by molar-refractivity contribution is 5.95. The lowest BCUT2D eigenvalue weighted by Crippen LogP contribution is -2.40. The Morgan fingerprint density at radius 2 is 1.93 bits per heavy atom. The summed E-state index contributed by atoms with van der Waals surface area (Å²) >= 11 is 0. The Kier molecular flexibility index (Phi) is 8.76. The van der Waals surface area contributed by atoms with E-state index < -0.39 is 0 Å². The predicted molar refractivity (Wildman–Crippen MR) is 119 cm³/mol. The van der Waals surface area contributed by atoms with Crippen LogP contribution in [-0.2, 0) is 16.1 Å². The van der Waals surface area contributed by atoms with Crippen LogP contribution in [0.3, 0.4) is 0 Å². The number of carbonyl (C=O) groups is 2. The molecular formula is C21H32Cl2N4O2. The van der Waals surface area contributed by atoms with Crippen LogP contribution in [0.2, 0.25) is 0 Å². The summed E-state index contributed by atoms with van der Waals surface area (Å²) in [7, 11) is 0. The molecule has 2 heterocycles. The first kappa shape index (κ1) is 23.9. The number of halogens is 2. The maximum absolute atomic E-state index is 12.7. The molecule has 4 unspecified atom stereocenters. The van der Waals surface area contributed by atoms with Crippen molar-refractivity contribution in [1.29, 1.82) is 0 Å². The molecule has 3 aliphatic rings. The molecule has 2 saturated heterocycles. The van der Waals surface area contributed by atoms with Crippen molar-refractivity contribution < 1.29 is 9.59 Å². The van der Waals surface area contributed by atoms with Crippen LogP contribution >= 0.6 is 24.8 Å². The molecule has 0 aromatic heterocycles. The van der Waals surface area contributed by atoms with E-state index in [0.717, 1.165) is 37.1 Å². The van der Waals surface area contributed by atoms with Crippen molar-refractivity contribution in [3.8, 4) is 0 Å². The Hall–Kier alpha value is -1.34. The molecule has 3 fully saturated rings. The molecule has 0 spiro atoms. The molecule has 0 radical (unpaired) electrons. The van der Waals surface area contributed by atoms with E-state index in [4.69, 9.17) is 5.73 Å². The first-order valence-corrected chi connectivity index (χ1v) is 10.3. The maximum Gasteiger partial charge on any atom is 0.241 e. The van der Waals surface area contributed by atoms with Gasteiger partial charge in [-0.15, -0.1) is 24.8 Å². The quantitative estimate of drug-likeness (QED) is 0.653. The van der Waals surface area contributed by atoms with Crippen LogP contribution in [0.25, 0.3) is 0 Å². The van der Waals surface area contributed by atoms with Crippen molar-refractivity contribution >= 4 is 42.3 Å². The minimum atomic E-state index is -0.245. The van der Waals surface area contributed by atoms with Crippen molar-refractivity contribution in [1.82, 2.24) is 10.2 Å². The minimum absolute atomic E-state index is 0. The van der Waals surface area contributed by atoms with Crippen LogP contribution in [0, 0.1) is 5.92 Å². The van der Waals surface area contributed by atoms with Gasteiger partial charge < -0.3 is 16.4 Å². The Morgan fingerprint density at radius 3 is 2.69 bits per heavy atom. The van der Waals surface area contributed by atoms with E-state index in [0.29, 0.717) is 18.5 Å². The zero-order valence-corrected chi connectivity index (χ0v) is 18.3. The highest BCUT2D eigenvalue weighted by Crippen LogP contribution is 2.33. The number of rotatable bonds is 5. The van der Waals surface area contributed by atoms with Gasteiger partial charge in [-0.2, -0.15) is 0 Å². The van der Waals surface area contributed by atoms with Crippen molar-refractivity contribution in [3.63, 3.8) is 0 Å². The van der Waals surface area contributed by atoms with Gasteiger partial charge in [-0.05, 0) is 62.3 Å². The first-order valence-electron chi connectivity index (χ1n) is 10.3. The second-order valence-electron chi connectivity index (χ2n) is 8.33. The normalized spacial score (nSPS) is 28.7. The van der Waals surface area contributed by atoms with Crippen LogP contribution in [-0.4, -0.2) is 41.4 Å². The fourth-order valence-corrected chi connectivity index (χ4v) is 5.07. The molecule has 0 bridgehead atoms. The fourth-order valence-electron chi connectivity index (χ4n) is 5.07. The topological polar surface area (TPSA) is 87.5 Å². The summed E-state index contributed by atoms with van der Waals surface area (Å²) in [4.78, 5) is 26.4. The SMILES string of the molecule is Cl.Cl.NC(=O)C1CCCN1Cc1cccc(NC(=O)C2CC3CCCCC3N2)c1. The summed E-state index contributed by atoms with van der Waals surface area (Å²) in [5.74, 6) is 0.477. The summed E-state index contributed by atoms with van der Waals surface area (Å²) in [5.41, 5.74) is 7.43. The molecule has 1 aromatic carbocycles. The van der Waals surface area contributed by atoms with Crippen molar-refractivity contribution in [2.75, 3.05) is 11.9 Å². The van der Waals surface area contributed by atoms with Gasteiger partial charge in [-0.1, -0.05) is 25.0 Å². The molecule has 4 atom stereocenters. The molecular weight excluding hydrogens is 411 g/mol. The number of amides is 2. The molecule has 6 nitrogen and oxygen atoms in total. The number of nitrogens with one attached hydrogen (secondary N) is 2. The van der Waals surface area contributed by atoms with Crippen molar-refractivity contribution in [3.05, 3.63) is 29.8 Å². The molecule has 2 aliphatic heterocycles. The molecule has 1 saturated carbocycles. The number of primary amides is 1. The van der Waals surface area contributed by atoms with Gasteiger partial charge in [0.15, 0.2) is 0 Å². The maximum atomic E-state index is 12.7. The summed E-state index contributed by atoms with van der Waals surface area (Å²) in [6.07, 6.45) is 7.79. The molecule has 1 aliphatic carbocycles. The Bertz CT molecular complexity index is 704. The summed E-state index contributed by atoms with van der Waals surface area (Å²) in [5, 5.41) is 6.61. The van der Waals surface area contributed by atoms with Gasteiger partial charge in [0.1, 0.15) is 0 Å². The standard InChI is InChI=1S/C21H30N4O2.2ClH/c22-20(26)19-9-4-10-25(19)13-14-5-3-7-16(11-14)23-21(27)18-12-15-6-1-2-8-17(15)24-18;;/h3,5,7,11,15,17-19,24H,1-2,4,6,8-10,12-13H2,(H2,22,26)(H,23,27);2*1H. The number of anilines is 1. The number of likely N-dealkylation sites (tertiary alicyclic amines) is 1. The van der Waals surface area contributed by atoms with Crippen LogP contribution in [0.5, 0.6) is 0 Å². The lowest BCUT2D eigenvalue weighted by atomic mass is 9.85. The van der Waals surface area contributed by atoms with Crippen LogP contribution in [0.15, 0.2) is 24.3 Å². The summed E-state index contributed by atoms with van der Waals surface area (Å²) < 4.78 is 0. The van der Waals surface area contributed by atoms with E-state index in [2.05, 4.69) is 15.5 Å². The highest BCUT2D eigenvalue weighted by atomic mass is 35.5. The van der Waals surface area contributed by atoms with Gasteiger partial charge in [0.25, 0.3) is 0 Å². The number of fused-ring (bicyclic) bond motifs is 1. The summed E-state index contributed by atoms with van der Waals surface area (Å²) in [6.45, 7) is 1.57. The number of carbonyl (C=O) groups excluding carboxylic acids is 2. The Labute approximate surface area is 185 Å². The van der Waals surface area contributed by atoms with Crippen molar-refractivity contribution in [2.45, 2.75) is 69.6 Å². The van der Waals surface area contributed by atoms with Gasteiger partial charge >= 0.3 is 0 Å². The zero-order chi connectivity index (χ0) is 18.8. The van der Waals surface area contributed by atoms with Gasteiger partial charge in [0, 0.05) is 18.3 Å². The average molecular weight is 443 g/mol. The van der Waals surface area contributed by atoms with Gasteiger partial charge in [-0.3, -0.25) is 14.5 Å². The van der Waals surface area contributed by atoms with E-state index in [1.54, 1.807) is 0 Å². The Balaban J connectivity index is 0.00000150. The molecule has 4 rings (SSSR count). The second-order valence-corrected chi connectivity index (χ2v) is 8.33. The van der Waals surface area contributed by atoms with Crippen molar-refractivity contribution in [2.24, 2.45) is 11.7 Å². The third kappa shape index (κ3) is 5.63. The fraction of sp³-hybridized carbons (Fsp3) is 0.619. The predicted octanol–water partition coefficient (Wildman–Crippen LogP) is 2.84. The first-order chi connectivity index (χ1) is 13.1. The lowest BCUT2D eigenvalue weighted by Gasteiger charge is -2.24. The molecule has 8 heteroatoms. The second kappa shape index (κ2) is 10.6. The number of hydrogen-bond acceptors (Lipinski definition) is 4. The highest BCUT2D eigenvalue weighted by Gasteiger charge is 2.38. The average Bonchev–Trinajstić information content (AvgIpc) is 3.28. The molecule has 1 aromatic rings. The molecule has 2 amide bonds. The molecule has 162 valence electrons. The monoisotopic (exact) mass is 442 g/mol. The van der Waals surface area contributed by atoms with E-state index in [-0.39, 0.29) is 48.7 Å². The third-order valence-corrected chi connectivity index (χ3v) is 6.45. The van der Waals surface area contributed by atoms with Crippen LogP contribution in [0.1, 0.15) is 50.5 Å². The van der Waals surface area contributed by atoms with E-state index in [9.17, 15) is 9.59 Å². The number of benzene rings is 1. The van der Waals surface area contributed by atoms with Crippen LogP contribution < -0.4 is 16.4 Å². The number of nitrogens with two attached hydrogens (primary N) is 1. The van der Waals surface area contributed by atoms with Gasteiger partial charge in [0.05, 0.1) is 12.1 Å². The number of hydrogen-bond donors (Lipinski definition) is 3. The molecule has 4 N–H and O–H groups in total. The molecule has 29 heavy (non-hydrogen) atoms. The minimum Gasteiger partial charge on any atom is -0.368 e. The largest absolute Gasteiger partial charge is 0.368 e. The van der Waals surface area contributed by atoms with E-state index in [1.807, 2.05) is 24.3 Å². The third-order valence-electron chi connectivity index (χ3n) is 6.45. The number of nitrogens with zero attached hydrogens (tertiary/aromatic N) is 1. The summed E-state index contributed by atoms with van der Waals surface area (Å²) in [6, 6.07) is 8.20. The van der Waals surface area contributed by atoms with Gasteiger partial charge in [0.2, 0.25) is 11.8 Å². The van der Waals surface area contributed by atoms with E-state index >= 15 is 0 Å². The lowest BCUT2D eigenvalue weighted by molar-refractivity contribution is -0.122. The van der Waals surface area contributed by atoms with E-state index in [1.165, 1.54) is 25.7 Å². The Morgan fingerprint density at radius 1 is 1.14 bits per heavy atom.